The van der Waals surface area contributed by atoms with Crippen LogP contribution in [0, 0.1) is 0 Å². The van der Waals surface area contributed by atoms with E-state index >= 15 is 0 Å². The monoisotopic (exact) mass is 477 g/mol. The van der Waals surface area contributed by atoms with Gasteiger partial charge in [-0.05, 0) is 23.1 Å². The Bertz CT molecular complexity index is 1060. The van der Waals surface area contributed by atoms with Gasteiger partial charge in [-0.2, -0.15) is 0 Å². The molecule has 0 aliphatic carbocycles. The third-order valence-corrected chi connectivity index (χ3v) is 5.39. The maximum atomic E-state index is 12.6. The second-order valence-corrected chi connectivity index (χ2v) is 8.12. The smallest absolute Gasteiger partial charge is 0.329 e. The van der Waals surface area contributed by atoms with E-state index in [1.165, 1.54) is 23.6 Å². The van der Waals surface area contributed by atoms with Crippen LogP contribution in [0.4, 0.5) is 5.82 Å². The van der Waals surface area contributed by atoms with Crippen molar-refractivity contribution in [3.8, 4) is 0 Å². The number of pyridine rings is 1. The van der Waals surface area contributed by atoms with Crippen LogP contribution in [0.1, 0.15) is 15.2 Å². The first-order valence-corrected chi connectivity index (χ1v) is 10.7. The van der Waals surface area contributed by atoms with E-state index in [1.54, 1.807) is 17.5 Å². The number of anilines is 1. The largest absolute Gasteiger partial charge is 0.454 e. The topological polar surface area (TPSA) is 97.4 Å². The molecule has 1 atom stereocenters. The summed E-state index contributed by atoms with van der Waals surface area (Å²) in [6.07, 6.45) is 1.54. The lowest BCUT2D eigenvalue weighted by Gasteiger charge is -2.17. The van der Waals surface area contributed by atoms with Gasteiger partial charge in [-0.25, -0.2) is 9.78 Å². The molecule has 0 aliphatic rings. The van der Waals surface area contributed by atoms with E-state index in [4.69, 9.17) is 27.9 Å². The second kappa shape index (κ2) is 10.9. The third kappa shape index (κ3) is 6.78. The van der Waals surface area contributed by atoms with E-state index in [0.29, 0.717) is 9.90 Å². The summed E-state index contributed by atoms with van der Waals surface area (Å²) in [7, 11) is 0. The molecule has 0 radical (unpaired) electrons. The van der Waals surface area contributed by atoms with Gasteiger partial charge in [0.2, 0.25) is 0 Å². The maximum absolute atomic E-state index is 12.6. The van der Waals surface area contributed by atoms with E-state index in [9.17, 15) is 14.4 Å². The molecule has 1 aromatic carbocycles. The number of carbonyl (C=O) groups excluding carboxylic acids is 3. The fourth-order valence-electron chi connectivity index (χ4n) is 2.59. The van der Waals surface area contributed by atoms with Crippen LogP contribution in [0.3, 0.4) is 0 Å². The fourth-order valence-corrected chi connectivity index (χ4v) is 3.65. The first-order valence-electron chi connectivity index (χ1n) is 9.08. The number of rotatable bonds is 8. The van der Waals surface area contributed by atoms with Crippen molar-refractivity contribution in [3.63, 3.8) is 0 Å². The zero-order chi connectivity index (χ0) is 22.2. The van der Waals surface area contributed by atoms with Crippen molar-refractivity contribution in [2.75, 3.05) is 11.9 Å². The fraction of sp³-hybridized carbons (Fsp3) is 0.143. The van der Waals surface area contributed by atoms with Crippen LogP contribution >= 0.6 is 34.5 Å². The van der Waals surface area contributed by atoms with Crippen LogP contribution in [0.5, 0.6) is 0 Å². The molecule has 31 heavy (non-hydrogen) atoms. The number of amides is 2. The predicted molar refractivity (Wildman–Crippen MR) is 120 cm³/mol. The van der Waals surface area contributed by atoms with Gasteiger partial charge >= 0.3 is 5.97 Å². The van der Waals surface area contributed by atoms with Crippen LogP contribution < -0.4 is 10.6 Å². The summed E-state index contributed by atoms with van der Waals surface area (Å²) in [5, 5.41) is 7.35. The van der Waals surface area contributed by atoms with Crippen molar-refractivity contribution >= 4 is 58.1 Å². The molecule has 0 spiro atoms. The minimum atomic E-state index is -0.970. The number of thiophene rings is 1. The molecule has 160 valence electrons. The van der Waals surface area contributed by atoms with Crippen molar-refractivity contribution < 1.29 is 19.1 Å². The number of halogens is 2. The SMILES string of the molecule is O=C(COC(=O)[C@H](Cc1ccccc1)NC(=O)c1cccs1)Nc1ncc(Cl)cc1Cl. The average molecular weight is 478 g/mol. The quantitative estimate of drug-likeness (QED) is 0.478. The van der Waals surface area contributed by atoms with E-state index in [2.05, 4.69) is 15.6 Å². The molecular formula is C21H17Cl2N3O4S. The van der Waals surface area contributed by atoms with E-state index < -0.39 is 30.4 Å². The number of hydrogen-bond acceptors (Lipinski definition) is 6. The zero-order valence-corrected chi connectivity index (χ0v) is 18.3. The van der Waals surface area contributed by atoms with Gasteiger partial charge in [0.05, 0.1) is 14.9 Å². The minimum absolute atomic E-state index is 0.0962. The van der Waals surface area contributed by atoms with Gasteiger partial charge in [0.15, 0.2) is 12.4 Å². The molecule has 0 aliphatic heterocycles. The standard InChI is InChI=1S/C21H17Cl2N3O4S/c22-14-10-15(23)19(24-11-14)26-18(27)12-30-21(29)16(9-13-5-2-1-3-6-13)25-20(28)17-7-4-8-31-17/h1-8,10-11,16H,9,12H2,(H,25,28)(H,24,26,27)/t16-/m0/s1. The van der Waals surface area contributed by atoms with Crippen molar-refractivity contribution in [1.82, 2.24) is 10.3 Å². The third-order valence-electron chi connectivity index (χ3n) is 4.03. The van der Waals surface area contributed by atoms with Crippen LogP contribution in [-0.4, -0.2) is 35.4 Å². The Hall–Kier alpha value is -2.94. The number of hydrogen-bond donors (Lipinski definition) is 2. The van der Waals surface area contributed by atoms with Gasteiger partial charge in [-0.3, -0.25) is 9.59 Å². The normalized spacial score (nSPS) is 11.4. The van der Waals surface area contributed by atoms with E-state index in [1.807, 2.05) is 30.3 Å². The van der Waals surface area contributed by atoms with Gasteiger partial charge in [-0.15, -0.1) is 11.3 Å². The zero-order valence-electron chi connectivity index (χ0n) is 16.0. The van der Waals surface area contributed by atoms with Crippen LogP contribution in [0.2, 0.25) is 10.0 Å². The van der Waals surface area contributed by atoms with Crippen molar-refractivity contribution in [1.29, 1.82) is 0 Å². The molecule has 0 unspecified atom stereocenters. The summed E-state index contributed by atoms with van der Waals surface area (Å²) in [5.41, 5.74) is 0.831. The molecule has 0 bridgehead atoms. The lowest BCUT2D eigenvalue weighted by molar-refractivity contribution is -0.149. The summed E-state index contributed by atoms with van der Waals surface area (Å²) < 4.78 is 5.13. The molecule has 0 saturated heterocycles. The van der Waals surface area contributed by atoms with Gasteiger partial charge in [-0.1, -0.05) is 59.6 Å². The van der Waals surface area contributed by atoms with E-state index in [-0.39, 0.29) is 17.3 Å². The Balaban J connectivity index is 1.62. The summed E-state index contributed by atoms with van der Waals surface area (Å²) in [5.74, 6) is -1.67. The van der Waals surface area contributed by atoms with Crippen LogP contribution in [0.15, 0.2) is 60.1 Å². The molecule has 7 nitrogen and oxygen atoms in total. The summed E-state index contributed by atoms with van der Waals surface area (Å²) in [6, 6.07) is 13.0. The number of benzene rings is 1. The average Bonchev–Trinajstić information content (AvgIpc) is 3.29. The van der Waals surface area contributed by atoms with Crippen LogP contribution in [0.25, 0.3) is 0 Å². The molecule has 2 aromatic heterocycles. The number of ether oxygens (including phenoxy) is 1. The predicted octanol–water partition coefficient (Wildman–Crippen LogP) is 3.97. The highest BCUT2D eigenvalue weighted by molar-refractivity contribution is 7.12. The van der Waals surface area contributed by atoms with Crippen molar-refractivity contribution in [2.24, 2.45) is 0 Å². The molecule has 0 saturated carbocycles. The van der Waals surface area contributed by atoms with Gasteiger partial charge in [0.25, 0.3) is 11.8 Å². The minimum Gasteiger partial charge on any atom is -0.454 e. The Labute approximate surface area is 192 Å². The number of carbonyl (C=O) groups is 3. The highest BCUT2D eigenvalue weighted by Crippen LogP contribution is 2.22. The number of nitrogens with one attached hydrogen (secondary N) is 2. The lowest BCUT2D eigenvalue weighted by atomic mass is 10.1. The molecule has 2 amide bonds. The van der Waals surface area contributed by atoms with Crippen molar-refractivity contribution in [3.05, 3.63) is 80.6 Å². The second-order valence-electron chi connectivity index (χ2n) is 6.33. The summed E-state index contributed by atoms with van der Waals surface area (Å²) >= 11 is 13.0. The molecule has 2 N–H and O–H groups in total. The number of nitrogens with zero attached hydrogens (tertiary/aromatic N) is 1. The van der Waals surface area contributed by atoms with Gasteiger partial charge in [0.1, 0.15) is 6.04 Å². The number of aromatic nitrogens is 1. The molecule has 0 fully saturated rings. The Morgan fingerprint density at radius 1 is 1.10 bits per heavy atom. The first-order chi connectivity index (χ1) is 14.9. The number of esters is 1. The Morgan fingerprint density at radius 2 is 1.87 bits per heavy atom. The van der Waals surface area contributed by atoms with E-state index in [0.717, 1.165) is 5.56 Å². The molecular weight excluding hydrogens is 461 g/mol. The van der Waals surface area contributed by atoms with Crippen molar-refractivity contribution in [2.45, 2.75) is 12.5 Å². The Morgan fingerprint density at radius 3 is 2.55 bits per heavy atom. The van der Waals surface area contributed by atoms with Gasteiger partial charge < -0.3 is 15.4 Å². The Kier molecular flexibility index (Phi) is 8.00. The lowest BCUT2D eigenvalue weighted by Crippen LogP contribution is -2.43. The van der Waals surface area contributed by atoms with Crippen LogP contribution in [-0.2, 0) is 20.7 Å². The summed E-state index contributed by atoms with van der Waals surface area (Å²) in [6.45, 7) is -0.570. The first kappa shape index (κ1) is 22.7. The highest BCUT2D eigenvalue weighted by Gasteiger charge is 2.24. The molecule has 3 rings (SSSR count). The van der Waals surface area contributed by atoms with Gasteiger partial charge in [0, 0.05) is 12.6 Å². The highest BCUT2D eigenvalue weighted by atomic mass is 35.5. The molecule has 3 aromatic rings. The summed E-state index contributed by atoms with van der Waals surface area (Å²) in [4.78, 5) is 41.6. The molecule has 10 heteroatoms. The maximum Gasteiger partial charge on any atom is 0.329 e. The molecule has 2 heterocycles.